The molecule has 1 amide bonds. The third-order valence-electron chi connectivity index (χ3n) is 4.55. The van der Waals surface area contributed by atoms with Crippen molar-refractivity contribution in [2.24, 2.45) is 0 Å². The van der Waals surface area contributed by atoms with E-state index in [1.54, 1.807) is 6.92 Å². The first-order valence-corrected chi connectivity index (χ1v) is 7.94. The van der Waals surface area contributed by atoms with Gasteiger partial charge in [-0.05, 0) is 36.5 Å². The molecule has 1 aromatic carbocycles. The maximum atomic E-state index is 13.5. The number of amides is 1. The molecular weight excluding hydrogens is 349 g/mol. The van der Waals surface area contributed by atoms with Crippen molar-refractivity contribution in [1.82, 2.24) is 4.98 Å². The molecule has 1 saturated carbocycles. The summed E-state index contributed by atoms with van der Waals surface area (Å²) in [5.74, 6) is -0.728. The Balaban J connectivity index is 2.08. The monoisotopic (exact) mass is 366 g/mol. The molecule has 2 N–H and O–H groups in total. The Hall–Kier alpha value is -2.77. The molecule has 1 aliphatic rings. The van der Waals surface area contributed by atoms with E-state index >= 15 is 0 Å². The van der Waals surface area contributed by atoms with Crippen molar-refractivity contribution in [3.05, 3.63) is 57.5 Å². The number of pyridine rings is 1. The van der Waals surface area contributed by atoms with Gasteiger partial charge in [0.05, 0.1) is 18.2 Å². The molecule has 8 heteroatoms. The second-order valence-corrected chi connectivity index (χ2v) is 6.52. The van der Waals surface area contributed by atoms with Crippen LogP contribution < -0.4 is 15.6 Å². The number of aromatic amines is 1. The van der Waals surface area contributed by atoms with Gasteiger partial charge in [-0.25, -0.2) is 0 Å². The van der Waals surface area contributed by atoms with Crippen molar-refractivity contribution in [2.45, 2.75) is 31.4 Å². The zero-order valence-corrected chi connectivity index (χ0v) is 14.2. The summed E-state index contributed by atoms with van der Waals surface area (Å²) in [4.78, 5) is 26.3. The third-order valence-corrected chi connectivity index (χ3v) is 4.55. The average molecular weight is 366 g/mol. The molecular formula is C18H17F3N2O3. The third kappa shape index (κ3) is 3.31. The average Bonchev–Trinajstić information content (AvgIpc) is 3.31. The van der Waals surface area contributed by atoms with Gasteiger partial charge in [-0.1, -0.05) is 6.92 Å². The van der Waals surface area contributed by atoms with Crippen LogP contribution in [0.25, 0.3) is 0 Å². The van der Waals surface area contributed by atoms with Gasteiger partial charge in [0.1, 0.15) is 5.75 Å². The smallest absolute Gasteiger partial charge is 0.416 e. The molecule has 1 aromatic heterocycles. The number of hydrogen-bond acceptors (Lipinski definition) is 3. The number of halogens is 3. The summed E-state index contributed by atoms with van der Waals surface area (Å²) in [5.41, 5.74) is -1.64. The minimum atomic E-state index is -4.55. The number of benzene rings is 1. The molecule has 1 heterocycles. The van der Waals surface area contributed by atoms with Gasteiger partial charge in [0, 0.05) is 23.5 Å². The molecule has 5 nitrogen and oxygen atoms in total. The van der Waals surface area contributed by atoms with E-state index in [0.29, 0.717) is 12.8 Å². The van der Waals surface area contributed by atoms with Crippen LogP contribution in [0.15, 0.2) is 35.3 Å². The van der Waals surface area contributed by atoms with Gasteiger partial charge >= 0.3 is 6.18 Å². The van der Waals surface area contributed by atoms with Crippen LogP contribution in [0.3, 0.4) is 0 Å². The first kappa shape index (κ1) is 18.0. The fourth-order valence-electron chi connectivity index (χ4n) is 2.97. The summed E-state index contributed by atoms with van der Waals surface area (Å²) in [6, 6.07) is 4.66. The van der Waals surface area contributed by atoms with Crippen LogP contribution in [0.2, 0.25) is 0 Å². The predicted octanol–water partition coefficient (Wildman–Crippen LogP) is 3.71. The number of H-pyrrole nitrogens is 1. The Labute approximate surface area is 147 Å². The molecule has 138 valence electrons. The highest BCUT2D eigenvalue weighted by atomic mass is 19.4. The van der Waals surface area contributed by atoms with E-state index < -0.39 is 28.6 Å². The number of aromatic nitrogens is 1. The van der Waals surface area contributed by atoms with E-state index in [2.05, 4.69) is 10.3 Å². The number of nitrogens with one attached hydrogen (secondary N) is 2. The van der Waals surface area contributed by atoms with Crippen molar-refractivity contribution >= 4 is 11.6 Å². The number of anilines is 1. The van der Waals surface area contributed by atoms with Gasteiger partial charge in [0.15, 0.2) is 0 Å². The first-order chi connectivity index (χ1) is 12.2. The number of hydrogen-bond donors (Lipinski definition) is 2. The minimum absolute atomic E-state index is 0.00561. The summed E-state index contributed by atoms with van der Waals surface area (Å²) in [7, 11) is 1.24. The molecule has 0 saturated heterocycles. The first-order valence-electron chi connectivity index (χ1n) is 7.94. The van der Waals surface area contributed by atoms with Crippen LogP contribution in [0.1, 0.15) is 41.3 Å². The van der Waals surface area contributed by atoms with Crippen molar-refractivity contribution < 1.29 is 22.7 Å². The van der Waals surface area contributed by atoms with Crippen LogP contribution in [0.5, 0.6) is 5.75 Å². The second kappa shape index (κ2) is 6.19. The van der Waals surface area contributed by atoms with Crippen molar-refractivity contribution in [1.29, 1.82) is 0 Å². The zero-order valence-electron chi connectivity index (χ0n) is 14.2. The second-order valence-electron chi connectivity index (χ2n) is 6.52. The number of carbonyl (C=O) groups excluding carboxylic acids is 1. The van der Waals surface area contributed by atoms with Crippen LogP contribution in [-0.2, 0) is 11.6 Å². The summed E-state index contributed by atoms with van der Waals surface area (Å²) in [5, 5.41) is 2.51. The summed E-state index contributed by atoms with van der Waals surface area (Å²) >= 11 is 0. The topological polar surface area (TPSA) is 71.2 Å². The molecule has 26 heavy (non-hydrogen) atoms. The number of methoxy groups -OCH3 is 1. The van der Waals surface area contributed by atoms with Gasteiger partial charge in [0.2, 0.25) is 5.56 Å². The Bertz CT molecular complexity index is 915. The van der Waals surface area contributed by atoms with Gasteiger partial charge < -0.3 is 15.0 Å². The fourth-order valence-corrected chi connectivity index (χ4v) is 2.97. The number of rotatable bonds is 4. The lowest BCUT2D eigenvalue weighted by Crippen LogP contribution is -2.20. The van der Waals surface area contributed by atoms with E-state index in [4.69, 9.17) is 4.74 Å². The molecule has 0 unspecified atom stereocenters. The minimum Gasteiger partial charge on any atom is -0.496 e. The van der Waals surface area contributed by atoms with Gasteiger partial charge in [-0.15, -0.1) is 0 Å². The lowest BCUT2D eigenvalue weighted by Gasteiger charge is -2.23. The molecule has 0 aliphatic heterocycles. The highest BCUT2D eigenvalue weighted by Crippen LogP contribution is 2.55. The number of ether oxygens (including phenoxy) is 1. The van der Waals surface area contributed by atoms with Crippen molar-refractivity contribution in [3.63, 3.8) is 0 Å². The van der Waals surface area contributed by atoms with Gasteiger partial charge in [-0.2, -0.15) is 13.2 Å². The summed E-state index contributed by atoms with van der Waals surface area (Å²) < 4.78 is 45.6. The molecule has 1 fully saturated rings. The molecule has 0 radical (unpaired) electrons. The van der Waals surface area contributed by atoms with Crippen LogP contribution >= 0.6 is 0 Å². The van der Waals surface area contributed by atoms with Crippen LogP contribution in [0.4, 0.5) is 18.9 Å². The number of alkyl halides is 3. The fraction of sp³-hybridized carbons (Fsp3) is 0.333. The quantitative estimate of drug-likeness (QED) is 0.867. The highest BCUT2D eigenvalue weighted by molar-refractivity contribution is 6.06. The van der Waals surface area contributed by atoms with Crippen LogP contribution in [0, 0.1) is 0 Å². The standard InChI is InChI=1S/C18H17F3N2O3/c1-17(6-7-17)14-12(18(19,20)21)4-3-11(15(14)26-2)16(25)23-10-5-8-22-13(24)9-10/h3-5,8-9H,6-7H2,1-2H3,(H2,22,23,24,25). The predicted molar refractivity (Wildman–Crippen MR) is 89.6 cm³/mol. The molecule has 0 bridgehead atoms. The van der Waals surface area contributed by atoms with Crippen molar-refractivity contribution in [2.75, 3.05) is 12.4 Å². The van der Waals surface area contributed by atoms with E-state index in [-0.39, 0.29) is 22.6 Å². The molecule has 2 aromatic rings. The Morgan fingerprint density at radius 2 is 1.96 bits per heavy atom. The number of carbonyl (C=O) groups is 1. The van der Waals surface area contributed by atoms with E-state index in [1.807, 2.05) is 0 Å². The lowest BCUT2D eigenvalue weighted by atomic mass is 9.89. The van der Waals surface area contributed by atoms with Crippen molar-refractivity contribution in [3.8, 4) is 5.75 Å². The molecule has 3 rings (SSSR count). The largest absolute Gasteiger partial charge is 0.496 e. The van der Waals surface area contributed by atoms with E-state index in [9.17, 15) is 22.8 Å². The zero-order chi connectivity index (χ0) is 19.1. The molecule has 0 spiro atoms. The van der Waals surface area contributed by atoms with Gasteiger partial charge in [0.25, 0.3) is 5.91 Å². The van der Waals surface area contributed by atoms with Gasteiger partial charge in [-0.3, -0.25) is 9.59 Å². The molecule has 1 aliphatic carbocycles. The van der Waals surface area contributed by atoms with E-state index in [0.717, 1.165) is 12.1 Å². The maximum absolute atomic E-state index is 13.5. The lowest BCUT2D eigenvalue weighted by molar-refractivity contribution is -0.138. The van der Waals surface area contributed by atoms with Crippen LogP contribution in [-0.4, -0.2) is 18.0 Å². The summed E-state index contributed by atoms with van der Waals surface area (Å²) in [6.07, 6.45) is -2.01. The Kier molecular flexibility index (Phi) is 4.29. The SMILES string of the molecule is COc1c(C(=O)Nc2cc[nH]c(=O)c2)ccc(C(F)(F)F)c1C1(C)CC1. The maximum Gasteiger partial charge on any atom is 0.416 e. The summed E-state index contributed by atoms with van der Waals surface area (Å²) in [6.45, 7) is 1.72. The Morgan fingerprint density at radius 1 is 1.27 bits per heavy atom. The molecule has 0 atom stereocenters. The van der Waals surface area contributed by atoms with E-state index in [1.165, 1.54) is 25.4 Å². The Morgan fingerprint density at radius 3 is 2.50 bits per heavy atom. The normalized spacial score (nSPS) is 15.4. The highest BCUT2D eigenvalue weighted by Gasteiger charge is 2.48.